The molecule has 0 saturated carbocycles. The number of aryl methyl sites for hydroxylation is 1. The van der Waals surface area contributed by atoms with Crippen LogP contribution in [0.4, 0.5) is 5.82 Å². The maximum absolute atomic E-state index is 13.8. The molecule has 12 heteroatoms. The number of hydrogen-bond acceptors (Lipinski definition) is 8. The zero-order valence-electron chi connectivity index (χ0n) is 20.8. The maximum atomic E-state index is 13.8. The van der Waals surface area contributed by atoms with Crippen LogP contribution in [-0.4, -0.2) is 42.3 Å². The molecule has 0 fully saturated rings. The van der Waals surface area contributed by atoms with Crippen LogP contribution in [0.2, 0.25) is 5.02 Å². The van der Waals surface area contributed by atoms with Gasteiger partial charge >= 0.3 is 0 Å². The average Bonchev–Trinajstić information content (AvgIpc) is 3.50. The van der Waals surface area contributed by atoms with Crippen molar-refractivity contribution >= 4 is 55.9 Å². The highest BCUT2D eigenvalue weighted by molar-refractivity contribution is 7.16. The highest BCUT2D eigenvalue weighted by Gasteiger charge is 2.22. The number of rotatable bonds is 5. The van der Waals surface area contributed by atoms with Crippen LogP contribution in [0, 0.1) is 6.92 Å². The number of amides is 1. The van der Waals surface area contributed by atoms with Crippen molar-refractivity contribution in [2.45, 2.75) is 13.5 Å². The molecule has 0 saturated heterocycles. The lowest BCUT2D eigenvalue weighted by Crippen LogP contribution is -2.25. The van der Waals surface area contributed by atoms with Crippen molar-refractivity contribution < 1.29 is 4.79 Å². The molecule has 0 aliphatic rings. The molecular weight excluding hydrogens is 536 g/mol. The van der Waals surface area contributed by atoms with Crippen molar-refractivity contribution in [3.05, 3.63) is 92.6 Å². The van der Waals surface area contributed by atoms with Crippen molar-refractivity contribution in [1.82, 2.24) is 34.6 Å². The Balaban J connectivity index is 1.58. The maximum Gasteiger partial charge on any atom is 0.267 e. The van der Waals surface area contributed by atoms with Crippen molar-refractivity contribution in [3.63, 3.8) is 0 Å². The second-order valence-corrected chi connectivity index (χ2v) is 10.1. The lowest BCUT2D eigenvalue weighted by atomic mass is 10.1. The fourth-order valence-electron chi connectivity index (χ4n) is 4.59. The van der Waals surface area contributed by atoms with Gasteiger partial charge in [0, 0.05) is 18.2 Å². The summed E-state index contributed by atoms with van der Waals surface area (Å²) < 4.78 is 3.16. The van der Waals surface area contributed by atoms with Gasteiger partial charge in [-0.3, -0.25) is 14.2 Å². The van der Waals surface area contributed by atoms with Gasteiger partial charge in [0.15, 0.2) is 5.65 Å². The number of nitrogens with two attached hydrogens (primary N) is 1. The lowest BCUT2D eigenvalue weighted by Gasteiger charge is -2.14. The Morgan fingerprint density at radius 3 is 2.74 bits per heavy atom. The van der Waals surface area contributed by atoms with Crippen LogP contribution in [-0.2, 0) is 6.54 Å². The highest BCUT2D eigenvalue weighted by atomic mass is 35.5. The minimum Gasteiger partial charge on any atom is -0.383 e. The number of thiophene rings is 1. The number of halogens is 1. The van der Waals surface area contributed by atoms with Crippen molar-refractivity contribution in [1.29, 1.82) is 0 Å². The summed E-state index contributed by atoms with van der Waals surface area (Å²) in [4.78, 5) is 40.2. The zero-order valence-corrected chi connectivity index (χ0v) is 22.4. The summed E-state index contributed by atoms with van der Waals surface area (Å²) in [6, 6.07) is 14.2. The van der Waals surface area contributed by atoms with Crippen molar-refractivity contribution in [2.24, 2.45) is 0 Å². The molecular formula is C27H21ClN8O2S. The van der Waals surface area contributed by atoms with Gasteiger partial charge in [-0.05, 0) is 42.1 Å². The highest BCUT2D eigenvalue weighted by Crippen LogP contribution is 2.32. The van der Waals surface area contributed by atoms with Crippen LogP contribution in [0.1, 0.15) is 21.7 Å². The topological polar surface area (TPSA) is 134 Å². The van der Waals surface area contributed by atoms with E-state index in [2.05, 4.69) is 15.3 Å². The minimum absolute atomic E-state index is 0.0927. The molecule has 0 spiro atoms. The summed E-state index contributed by atoms with van der Waals surface area (Å²) >= 11 is 7.95. The molecule has 194 valence electrons. The first-order valence-electron chi connectivity index (χ1n) is 11.9. The number of fused-ring (bicyclic) bond motifs is 2. The summed E-state index contributed by atoms with van der Waals surface area (Å²) in [7, 11) is 1.57. The van der Waals surface area contributed by atoms with Gasteiger partial charge in [0.1, 0.15) is 35.0 Å². The number of para-hydroxylation sites is 1. The summed E-state index contributed by atoms with van der Waals surface area (Å²) in [5.74, 6) is 0.444. The number of carbonyl (C=O) groups is 1. The van der Waals surface area contributed by atoms with Crippen LogP contribution in [0.5, 0.6) is 0 Å². The third-order valence-electron chi connectivity index (χ3n) is 6.43. The Labute approximate surface area is 230 Å². The Morgan fingerprint density at radius 2 is 1.95 bits per heavy atom. The number of nitrogens with one attached hydrogen (secondary N) is 1. The van der Waals surface area contributed by atoms with E-state index in [9.17, 15) is 9.59 Å². The Bertz CT molecular complexity index is 1980. The van der Waals surface area contributed by atoms with Crippen molar-refractivity contribution in [3.8, 4) is 16.9 Å². The predicted octanol–water partition coefficient (Wildman–Crippen LogP) is 4.21. The molecule has 0 atom stereocenters. The van der Waals surface area contributed by atoms with Gasteiger partial charge in [-0.25, -0.2) is 19.6 Å². The summed E-state index contributed by atoms with van der Waals surface area (Å²) in [6.07, 6.45) is 1.36. The summed E-state index contributed by atoms with van der Waals surface area (Å²) in [5, 5.41) is 10.9. The third kappa shape index (κ3) is 4.12. The second-order valence-electron chi connectivity index (χ2n) is 8.84. The fourth-order valence-corrected chi connectivity index (χ4v) is 5.74. The van der Waals surface area contributed by atoms with Crippen LogP contribution >= 0.6 is 22.9 Å². The first-order chi connectivity index (χ1) is 18.9. The normalized spacial score (nSPS) is 11.4. The first kappa shape index (κ1) is 24.7. The van der Waals surface area contributed by atoms with Gasteiger partial charge in [-0.2, -0.15) is 5.10 Å². The van der Waals surface area contributed by atoms with Crippen molar-refractivity contribution in [2.75, 3.05) is 12.8 Å². The van der Waals surface area contributed by atoms with Crippen LogP contribution < -0.4 is 16.6 Å². The Hall–Kier alpha value is -4.61. The first-order valence-corrected chi connectivity index (χ1v) is 13.2. The van der Waals surface area contributed by atoms with Gasteiger partial charge in [0.25, 0.3) is 11.5 Å². The van der Waals surface area contributed by atoms with E-state index in [-0.39, 0.29) is 23.8 Å². The van der Waals surface area contributed by atoms with Gasteiger partial charge < -0.3 is 11.1 Å². The smallest absolute Gasteiger partial charge is 0.267 e. The molecule has 6 aromatic rings. The molecule has 0 unspecified atom stereocenters. The molecule has 1 amide bonds. The van der Waals surface area contributed by atoms with E-state index in [0.717, 1.165) is 5.56 Å². The molecule has 3 N–H and O–H groups in total. The monoisotopic (exact) mass is 556 g/mol. The number of aromatic nitrogens is 6. The Kier molecular flexibility index (Phi) is 6.09. The second kappa shape index (κ2) is 9.61. The van der Waals surface area contributed by atoms with Crippen LogP contribution in [0.3, 0.4) is 0 Å². The molecule has 4 heterocycles. The Morgan fingerprint density at radius 1 is 1.13 bits per heavy atom. The van der Waals surface area contributed by atoms with Gasteiger partial charge in [-0.1, -0.05) is 35.9 Å². The van der Waals surface area contributed by atoms with Crippen LogP contribution in [0.15, 0.2) is 65.0 Å². The minimum atomic E-state index is -0.225. The number of benzene rings is 2. The molecule has 4 aromatic heterocycles. The number of carbonyl (C=O) groups excluding carboxylic acids is 1. The van der Waals surface area contributed by atoms with E-state index >= 15 is 0 Å². The fraction of sp³-hybridized carbons (Fsp3) is 0.111. The van der Waals surface area contributed by atoms with Gasteiger partial charge in [0.05, 0.1) is 21.5 Å². The van der Waals surface area contributed by atoms with Crippen LogP contribution in [0.25, 0.3) is 38.2 Å². The SMILES string of the molecule is CNC(=O)c1cccc(-c2nn(Cc3nc4scc(C)c4c(=O)n3-c3ccccc3Cl)c3ncnc(N)c23)c1. The molecule has 6 rings (SSSR count). The van der Waals surface area contributed by atoms with E-state index < -0.39 is 0 Å². The molecule has 0 aliphatic heterocycles. The third-order valence-corrected chi connectivity index (χ3v) is 7.74. The zero-order chi connectivity index (χ0) is 27.3. The standard InChI is InChI=1S/C27H21ClN8O2S/c1-14-12-39-26-20(14)27(38)36(18-9-4-3-8-17(18)28)19(33-26)11-35-24-21(23(29)31-13-32-24)22(34-35)15-6-5-7-16(10-15)25(37)30-2/h3-10,12-13H,11H2,1-2H3,(H,30,37)(H2,29,31,32). The summed E-state index contributed by atoms with van der Waals surface area (Å²) in [5.41, 5.74) is 9.56. The molecule has 10 nitrogen and oxygen atoms in total. The molecule has 39 heavy (non-hydrogen) atoms. The molecule has 2 aromatic carbocycles. The number of nitrogen functional groups attached to an aromatic ring is 1. The average molecular weight is 557 g/mol. The number of hydrogen-bond donors (Lipinski definition) is 2. The largest absolute Gasteiger partial charge is 0.383 e. The predicted molar refractivity (Wildman–Crippen MR) is 153 cm³/mol. The molecule has 0 aliphatic carbocycles. The van der Waals surface area contributed by atoms with E-state index in [1.807, 2.05) is 24.4 Å². The lowest BCUT2D eigenvalue weighted by molar-refractivity contribution is 0.0963. The quantitative estimate of drug-likeness (QED) is 0.325. The molecule has 0 radical (unpaired) electrons. The van der Waals surface area contributed by atoms with E-state index in [4.69, 9.17) is 27.4 Å². The molecule has 0 bridgehead atoms. The van der Waals surface area contributed by atoms with E-state index in [0.29, 0.717) is 54.6 Å². The van der Waals surface area contributed by atoms with E-state index in [1.165, 1.54) is 22.2 Å². The number of anilines is 1. The number of nitrogens with zero attached hydrogens (tertiary/aromatic N) is 6. The van der Waals surface area contributed by atoms with Gasteiger partial charge in [-0.15, -0.1) is 11.3 Å². The summed E-state index contributed by atoms with van der Waals surface area (Å²) in [6.45, 7) is 1.98. The van der Waals surface area contributed by atoms with Gasteiger partial charge in [0.2, 0.25) is 0 Å². The van der Waals surface area contributed by atoms with E-state index in [1.54, 1.807) is 48.1 Å².